The van der Waals surface area contributed by atoms with Crippen molar-refractivity contribution in [1.29, 1.82) is 0 Å². The van der Waals surface area contributed by atoms with Gasteiger partial charge in [0.2, 0.25) is 5.91 Å². The number of anilines is 1. The van der Waals surface area contributed by atoms with E-state index in [0.717, 1.165) is 11.5 Å². The lowest BCUT2D eigenvalue weighted by Gasteiger charge is -2.31. The van der Waals surface area contributed by atoms with E-state index in [0.29, 0.717) is 31.5 Å². The molecule has 0 aliphatic carbocycles. The van der Waals surface area contributed by atoms with E-state index in [2.05, 4.69) is 46.9 Å². The highest BCUT2D eigenvalue weighted by Crippen LogP contribution is 2.29. The highest BCUT2D eigenvalue weighted by atomic mass is 16.3. The number of aromatic nitrogens is 2. The quantitative estimate of drug-likeness (QED) is 0.844. The summed E-state index contributed by atoms with van der Waals surface area (Å²) in [4.78, 5) is 27.2. The largest absolute Gasteiger partial charge is 0.472 e. The molecule has 7 heteroatoms. The molecule has 0 atom stereocenters. The summed E-state index contributed by atoms with van der Waals surface area (Å²) in [6, 6.07) is 3.64. The molecule has 2 aromatic rings. The maximum absolute atomic E-state index is 12.9. The number of nitrogens with one attached hydrogen (secondary N) is 1. The Kier molecular flexibility index (Phi) is 5.61. The summed E-state index contributed by atoms with van der Waals surface area (Å²) in [7, 11) is 0. The Morgan fingerprint density at radius 3 is 2.31 bits per heavy atom. The Balaban J connectivity index is 1.67. The number of furan rings is 1. The van der Waals surface area contributed by atoms with Gasteiger partial charge in [-0.3, -0.25) is 9.59 Å². The number of rotatable bonds is 3. The predicted molar refractivity (Wildman–Crippen MR) is 112 cm³/mol. The van der Waals surface area contributed by atoms with Crippen LogP contribution in [0.2, 0.25) is 0 Å². The zero-order valence-electron chi connectivity index (χ0n) is 18.3. The predicted octanol–water partition coefficient (Wildman–Crippen LogP) is 4.02. The van der Waals surface area contributed by atoms with Gasteiger partial charge in [-0.25, -0.2) is 4.68 Å². The Morgan fingerprint density at radius 2 is 1.79 bits per heavy atom. The Labute approximate surface area is 172 Å². The van der Waals surface area contributed by atoms with Gasteiger partial charge in [-0.1, -0.05) is 20.8 Å². The van der Waals surface area contributed by atoms with E-state index < -0.39 is 0 Å². The first kappa shape index (κ1) is 21.1. The molecule has 29 heavy (non-hydrogen) atoms. The third-order valence-electron chi connectivity index (χ3n) is 5.29. The molecule has 1 saturated heterocycles. The zero-order chi connectivity index (χ0) is 21.4. The molecule has 1 N–H and O–H groups in total. The molecule has 158 valence electrons. The zero-order valence-corrected chi connectivity index (χ0v) is 18.3. The van der Waals surface area contributed by atoms with E-state index in [9.17, 15) is 9.59 Å². The number of hydrogen-bond acceptors (Lipinski definition) is 4. The molecule has 0 bridgehead atoms. The van der Waals surface area contributed by atoms with Crippen molar-refractivity contribution in [3.8, 4) is 0 Å². The summed E-state index contributed by atoms with van der Waals surface area (Å²) in [5.41, 5.74) is 1.15. The summed E-state index contributed by atoms with van der Waals surface area (Å²) in [5.74, 6) is 0.554. The van der Waals surface area contributed by atoms with E-state index in [1.165, 1.54) is 12.5 Å². The van der Waals surface area contributed by atoms with Crippen LogP contribution in [0.15, 0.2) is 29.1 Å². The molecular weight excluding hydrogens is 368 g/mol. The normalized spacial score (nSPS) is 16.1. The van der Waals surface area contributed by atoms with Crippen LogP contribution < -0.4 is 5.32 Å². The van der Waals surface area contributed by atoms with Crippen LogP contribution in [0.1, 0.15) is 70.4 Å². The van der Waals surface area contributed by atoms with E-state index in [4.69, 9.17) is 9.52 Å². The van der Waals surface area contributed by atoms with Crippen molar-refractivity contribution in [2.45, 2.75) is 65.3 Å². The van der Waals surface area contributed by atoms with Crippen LogP contribution in [0.4, 0.5) is 5.82 Å². The number of hydrogen-bond donors (Lipinski definition) is 1. The van der Waals surface area contributed by atoms with Gasteiger partial charge in [-0.05, 0) is 39.7 Å². The van der Waals surface area contributed by atoms with Gasteiger partial charge >= 0.3 is 0 Å². The fourth-order valence-corrected chi connectivity index (χ4v) is 3.49. The van der Waals surface area contributed by atoms with E-state index in [1.54, 1.807) is 11.0 Å². The van der Waals surface area contributed by atoms with E-state index in [1.807, 2.05) is 10.7 Å². The highest BCUT2D eigenvalue weighted by Gasteiger charge is 2.30. The van der Waals surface area contributed by atoms with Crippen molar-refractivity contribution < 1.29 is 14.0 Å². The standard InChI is InChI=1S/C22H32N4O3/c1-21(2,3)17-13-18(26(24-17)22(4,5)6)23-19(27)15-7-10-25(11-8-15)20(28)16-9-12-29-14-16/h9,12-15H,7-8,10-11H2,1-6H3,(H,23,27). The van der Waals surface area contributed by atoms with Crippen LogP contribution in [-0.4, -0.2) is 39.6 Å². The van der Waals surface area contributed by atoms with Crippen molar-refractivity contribution in [3.63, 3.8) is 0 Å². The molecular formula is C22H32N4O3. The molecule has 1 fully saturated rings. The summed E-state index contributed by atoms with van der Waals surface area (Å²) in [5, 5.41) is 7.85. The number of carbonyl (C=O) groups is 2. The van der Waals surface area contributed by atoms with Crippen LogP contribution >= 0.6 is 0 Å². The van der Waals surface area contributed by atoms with Crippen LogP contribution in [0.3, 0.4) is 0 Å². The second-order valence-electron chi connectivity index (χ2n) is 9.82. The van der Waals surface area contributed by atoms with Gasteiger partial charge in [0.05, 0.1) is 23.1 Å². The lowest BCUT2D eigenvalue weighted by atomic mass is 9.92. The van der Waals surface area contributed by atoms with Crippen molar-refractivity contribution >= 4 is 17.6 Å². The molecule has 2 amide bonds. The average molecular weight is 401 g/mol. The first-order chi connectivity index (χ1) is 13.5. The number of piperidine rings is 1. The maximum atomic E-state index is 12.9. The second kappa shape index (κ2) is 7.69. The SMILES string of the molecule is CC(C)(C)c1cc(NC(=O)C2CCN(C(=O)c3ccoc3)CC2)n(C(C)(C)C)n1. The van der Waals surface area contributed by atoms with Crippen molar-refractivity contribution in [2.75, 3.05) is 18.4 Å². The number of nitrogens with zero attached hydrogens (tertiary/aromatic N) is 3. The first-order valence-corrected chi connectivity index (χ1v) is 10.2. The van der Waals surface area contributed by atoms with Gasteiger partial charge in [0.25, 0.3) is 5.91 Å². The van der Waals surface area contributed by atoms with Gasteiger partial charge in [0, 0.05) is 30.5 Å². The minimum atomic E-state index is -0.244. The topological polar surface area (TPSA) is 80.4 Å². The Bertz CT molecular complexity index is 861. The third-order valence-corrected chi connectivity index (χ3v) is 5.29. The Morgan fingerprint density at radius 1 is 1.14 bits per heavy atom. The molecule has 0 unspecified atom stereocenters. The van der Waals surface area contributed by atoms with Crippen molar-refractivity contribution in [2.24, 2.45) is 5.92 Å². The first-order valence-electron chi connectivity index (χ1n) is 10.2. The summed E-state index contributed by atoms with van der Waals surface area (Å²) < 4.78 is 6.89. The fraction of sp³-hybridized carbons (Fsp3) is 0.591. The van der Waals surface area contributed by atoms with Gasteiger partial charge in [-0.15, -0.1) is 0 Å². The van der Waals surface area contributed by atoms with Crippen LogP contribution in [0.25, 0.3) is 0 Å². The fourth-order valence-electron chi connectivity index (χ4n) is 3.49. The van der Waals surface area contributed by atoms with Crippen LogP contribution in [0, 0.1) is 5.92 Å². The molecule has 3 heterocycles. The summed E-state index contributed by atoms with van der Waals surface area (Å²) in [6.45, 7) is 13.7. The van der Waals surface area contributed by atoms with Crippen LogP contribution in [0.5, 0.6) is 0 Å². The Hall–Kier alpha value is -2.57. The van der Waals surface area contributed by atoms with Crippen molar-refractivity contribution in [1.82, 2.24) is 14.7 Å². The van der Waals surface area contributed by atoms with Crippen molar-refractivity contribution in [3.05, 3.63) is 35.9 Å². The van der Waals surface area contributed by atoms with Gasteiger partial charge in [0.15, 0.2) is 0 Å². The molecule has 0 saturated carbocycles. The summed E-state index contributed by atoms with van der Waals surface area (Å²) in [6.07, 6.45) is 4.25. The average Bonchev–Trinajstić information content (AvgIpc) is 3.30. The lowest BCUT2D eigenvalue weighted by Crippen LogP contribution is -2.41. The molecule has 1 aliphatic heterocycles. The van der Waals surface area contributed by atoms with Crippen LogP contribution in [-0.2, 0) is 15.7 Å². The maximum Gasteiger partial charge on any atom is 0.257 e. The lowest BCUT2D eigenvalue weighted by molar-refractivity contribution is -0.121. The molecule has 0 radical (unpaired) electrons. The second-order valence-corrected chi connectivity index (χ2v) is 9.82. The molecule has 0 aromatic carbocycles. The van der Waals surface area contributed by atoms with E-state index >= 15 is 0 Å². The monoisotopic (exact) mass is 400 g/mol. The minimum absolute atomic E-state index is 0.00808. The highest BCUT2D eigenvalue weighted by molar-refractivity contribution is 5.95. The third kappa shape index (κ3) is 4.71. The van der Waals surface area contributed by atoms with Gasteiger partial charge in [0.1, 0.15) is 12.1 Å². The number of amides is 2. The van der Waals surface area contributed by atoms with Gasteiger partial charge < -0.3 is 14.6 Å². The molecule has 2 aromatic heterocycles. The number of carbonyl (C=O) groups excluding carboxylic acids is 2. The molecule has 1 aliphatic rings. The molecule has 3 rings (SSSR count). The van der Waals surface area contributed by atoms with E-state index in [-0.39, 0.29) is 28.7 Å². The van der Waals surface area contributed by atoms with Gasteiger partial charge in [-0.2, -0.15) is 5.10 Å². The smallest absolute Gasteiger partial charge is 0.257 e. The summed E-state index contributed by atoms with van der Waals surface area (Å²) >= 11 is 0. The minimum Gasteiger partial charge on any atom is -0.472 e. The number of likely N-dealkylation sites (tertiary alicyclic amines) is 1. The molecule has 0 spiro atoms. The molecule has 7 nitrogen and oxygen atoms in total.